The number of methoxy groups -OCH3 is 2. The predicted molar refractivity (Wildman–Crippen MR) is 88.0 cm³/mol. The highest BCUT2D eigenvalue weighted by Gasteiger charge is 2.53. The SMILES string of the molecule is COc1ccc2c(c1)C1C(CO)C1c1cc(OC)ccc1C#C2. The summed E-state index contributed by atoms with van der Waals surface area (Å²) in [5, 5.41) is 9.82. The molecule has 2 aromatic carbocycles. The number of fused-ring (bicyclic) bond motifs is 5. The van der Waals surface area contributed by atoms with E-state index in [0.717, 1.165) is 22.6 Å². The van der Waals surface area contributed by atoms with E-state index in [1.807, 2.05) is 24.3 Å². The summed E-state index contributed by atoms with van der Waals surface area (Å²) in [6, 6.07) is 12.0. The first kappa shape index (κ1) is 14.2. The minimum atomic E-state index is 0.169. The maximum atomic E-state index is 9.82. The Bertz CT molecular complexity index is 763. The van der Waals surface area contributed by atoms with Gasteiger partial charge >= 0.3 is 0 Å². The zero-order valence-corrected chi connectivity index (χ0v) is 13.2. The third-order valence-electron chi connectivity index (χ3n) is 4.95. The van der Waals surface area contributed by atoms with Crippen LogP contribution >= 0.6 is 0 Å². The molecule has 0 aromatic heterocycles. The lowest BCUT2D eigenvalue weighted by atomic mass is 9.94. The van der Waals surface area contributed by atoms with Crippen LogP contribution in [-0.2, 0) is 0 Å². The summed E-state index contributed by atoms with van der Waals surface area (Å²) in [4.78, 5) is 0. The van der Waals surface area contributed by atoms with Gasteiger partial charge in [-0.25, -0.2) is 0 Å². The van der Waals surface area contributed by atoms with Gasteiger partial charge < -0.3 is 14.6 Å². The molecule has 0 radical (unpaired) electrons. The second kappa shape index (κ2) is 5.33. The number of aliphatic hydroxyl groups excluding tert-OH is 1. The molecule has 0 heterocycles. The maximum absolute atomic E-state index is 9.82. The molecule has 4 rings (SSSR count). The molecule has 2 aliphatic carbocycles. The summed E-state index contributed by atoms with van der Waals surface area (Å²) in [6.07, 6.45) is 0. The van der Waals surface area contributed by atoms with Crippen molar-refractivity contribution in [3.63, 3.8) is 0 Å². The van der Waals surface area contributed by atoms with Crippen LogP contribution in [0.5, 0.6) is 11.5 Å². The van der Waals surface area contributed by atoms with E-state index in [2.05, 4.69) is 24.0 Å². The topological polar surface area (TPSA) is 38.7 Å². The molecule has 0 spiro atoms. The average Bonchev–Trinajstić information content (AvgIpc) is 3.31. The molecule has 3 heteroatoms. The van der Waals surface area contributed by atoms with E-state index in [-0.39, 0.29) is 24.4 Å². The van der Waals surface area contributed by atoms with Crippen LogP contribution in [0, 0.1) is 17.8 Å². The first-order chi connectivity index (χ1) is 11.3. The van der Waals surface area contributed by atoms with Crippen LogP contribution in [0.25, 0.3) is 0 Å². The van der Waals surface area contributed by atoms with Gasteiger partial charge in [0.05, 0.1) is 14.2 Å². The molecule has 1 saturated carbocycles. The second-order valence-electron chi connectivity index (χ2n) is 6.05. The molecule has 0 aliphatic heterocycles. The maximum Gasteiger partial charge on any atom is 0.119 e. The van der Waals surface area contributed by atoms with Crippen LogP contribution in [0.4, 0.5) is 0 Å². The molecule has 2 aromatic rings. The molecule has 2 atom stereocenters. The molecule has 0 bridgehead atoms. The zero-order valence-electron chi connectivity index (χ0n) is 13.2. The minimum absolute atomic E-state index is 0.169. The van der Waals surface area contributed by atoms with E-state index in [1.165, 1.54) is 11.1 Å². The Morgan fingerprint density at radius 2 is 1.35 bits per heavy atom. The standard InChI is InChI=1S/C20H18O3/c1-22-14-7-5-12-3-4-13-6-8-15(23-2)10-17(13)20-18(11-21)19(20)16(12)9-14/h5-10,18-21H,11H2,1-2H3. The fraction of sp³-hybridized carbons (Fsp3) is 0.300. The Hall–Kier alpha value is -2.44. The van der Waals surface area contributed by atoms with Crippen molar-refractivity contribution in [3.05, 3.63) is 58.7 Å². The molecule has 3 nitrogen and oxygen atoms in total. The van der Waals surface area contributed by atoms with Gasteiger partial charge in [-0.1, -0.05) is 11.8 Å². The van der Waals surface area contributed by atoms with Gasteiger partial charge in [0.2, 0.25) is 0 Å². The summed E-state index contributed by atoms with van der Waals surface area (Å²) in [7, 11) is 3.34. The molecule has 0 amide bonds. The number of ether oxygens (including phenoxy) is 2. The van der Waals surface area contributed by atoms with Crippen molar-refractivity contribution < 1.29 is 14.6 Å². The highest BCUT2D eigenvalue weighted by atomic mass is 16.5. The Balaban J connectivity index is 1.90. The van der Waals surface area contributed by atoms with Crippen molar-refractivity contribution in [1.29, 1.82) is 0 Å². The van der Waals surface area contributed by atoms with Crippen LogP contribution in [0.1, 0.15) is 34.1 Å². The molecule has 116 valence electrons. The zero-order chi connectivity index (χ0) is 16.0. The predicted octanol–water partition coefficient (Wildman–Crippen LogP) is 2.91. The van der Waals surface area contributed by atoms with Crippen LogP contribution in [-0.4, -0.2) is 25.9 Å². The third kappa shape index (κ3) is 2.18. The van der Waals surface area contributed by atoms with Gasteiger partial charge in [-0.05, 0) is 65.3 Å². The van der Waals surface area contributed by atoms with E-state index in [0.29, 0.717) is 0 Å². The number of rotatable bonds is 3. The molecule has 1 fully saturated rings. The third-order valence-corrected chi connectivity index (χ3v) is 4.95. The average molecular weight is 306 g/mol. The lowest BCUT2D eigenvalue weighted by Gasteiger charge is -2.12. The highest BCUT2D eigenvalue weighted by Crippen LogP contribution is 2.62. The van der Waals surface area contributed by atoms with Crippen molar-refractivity contribution in [1.82, 2.24) is 0 Å². The Labute approximate surface area is 135 Å². The van der Waals surface area contributed by atoms with Crippen molar-refractivity contribution in [2.45, 2.75) is 11.8 Å². The normalized spacial score (nSPS) is 23.2. The van der Waals surface area contributed by atoms with Gasteiger partial charge in [0.15, 0.2) is 0 Å². The summed E-state index contributed by atoms with van der Waals surface area (Å²) >= 11 is 0. The first-order valence-electron chi connectivity index (χ1n) is 7.75. The number of hydrogen-bond donors (Lipinski definition) is 1. The van der Waals surface area contributed by atoms with Crippen molar-refractivity contribution in [2.24, 2.45) is 5.92 Å². The van der Waals surface area contributed by atoms with E-state index < -0.39 is 0 Å². The summed E-state index contributed by atoms with van der Waals surface area (Å²) < 4.78 is 10.7. The lowest BCUT2D eigenvalue weighted by molar-refractivity contribution is 0.271. The summed E-state index contributed by atoms with van der Waals surface area (Å²) in [6.45, 7) is 0.169. The molecule has 1 N–H and O–H groups in total. The fourth-order valence-corrected chi connectivity index (χ4v) is 3.70. The Morgan fingerprint density at radius 3 is 1.74 bits per heavy atom. The molecule has 0 saturated heterocycles. The van der Waals surface area contributed by atoms with Gasteiger partial charge in [0, 0.05) is 17.7 Å². The quantitative estimate of drug-likeness (QED) is 0.886. The van der Waals surface area contributed by atoms with Crippen molar-refractivity contribution >= 4 is 0 Å². The van der Waals surface area contributed by atoms with Crippen molar-refractivity contribution in [3.8, 4) is 23.3 Å². The lowest BCUT2D eigenvalue weighted by Crippen LogP contribution is -1.97. The van der Waals surface area contributed by atoms with Gasteiger partial charge in [0.25, 0.3) is 0 Å². The molecule has 2 aliphatic rings. The van der Waals surface area contributed by atoms with E-state index in [9.17, 15) is 5.11 Å². The second-order valence-corrected chi connectivity index (χ2v) is 6.05. The van der Waals surface area contributed by atoms with Gasteiger partial charge in [0.1, 0.15) is 11.5 Å². The monoisotopic (exact) mass is 306 g/mol. The largest absolute Gasteiger partial charge is 0.497 e. The van der Waals surface area contributed by atoms with Gasteiger partial charge in [-0.2, -0.15) is 0 Å². The number of benzene rings is 2. The van der Waals surface area contributed by atoms with Crippen LogP contribution in [0.15, 0.2) is 36.4 Å². The molecule has 23 heavy (non-hydrogen) atoms. The van der Waals surface area contributed by atoms with Crippen molar-refractivity contribution in [2.75, 3.05) is 20.8 Å². The van der Waals surface area contributed by atoms with Gasteiger partial charge in [-0.3, -0.25) is 0 Å². The Kier molecular flexibility index (Phi) is 3.28. The molecular formula is C20H18O3. The summed E-state index contributed by atoms with van der Waals surface area (Å²) in [5.41, 5.74) is 4.40. The molecular weight excluding hydrogens is 288 g/mol. The highest BCUT2D eigenvalue weighted by molar-refractivity contribution is 5.60. The van der Waals surface area contributed by atoms with Crippen LogP contribution in [0.3, 0.4) is 0 Å². The molecule has 2 unspecified atom stereocenters. The fourth-order valence-electron chi connectivity index (χ4n) is 3.70. The van der Waals surface area contributed by atoms with E-state index in [1.54, 1.807) is 14.2 Å². The number of hydrogen-bond acceptors (Lipinski definition) is 3. The van der Waals surface area contributed by atoms with E-state index in [4.69, 9.17) is 9.47 Å². The smallest absolute Gasteiger partial charge is 0.119 e. The minimum Gasteiger partial charge on any atom is -0.497 e. The summed E-state index contributed by atoms with van der Waals surface area (Å²) in [5.74, 6) is 9.02. The first-order valence-corrected chi connectivity index (χ1v) is 7.75. The Morgan fingerprint density at radius 1 is 0.870 bits per heavy atom. The van der Waals surface area contributed by atoms with Crippen LogP contribution < -0.4 is 9.47 Å². The van der Waals surface area contributed by atoms with Gasteiger partial charge in [-0.15, -0.1) is 0 Å². The number of aliphatic hydroxyl groups is 1. The van der Waals surface area contributed by atoms with Crippen LogP contribution in [0.2, 0.25) is 0 Å². The van der Waals surface area contributed by atoms with E-state index >= 15 is 0 Å².